The third-order valence-electron chi connectivity index (χ3n) is 3.16. The highest BCUT2D eigenvalue weighted by atomic mass is 79.9. The van der Waals surface area contributed by atoms with E-state index in [-0.39, 0.29) is 0 Å². The van der Waals surface area contributed by atoms with Crippen molar-refractivity contribution in [1.29, 1.82) is 0 Å². The van der Waals surface area contributed by atoms with E-state index in [1.165, 1.54) is 22.3 Å². The zero-order chi connectivity index (χ0) is 11.1. The number of halogens is 1. The van der Waals surface area contributed by atoms with Crippen molar-refractivity contribution in [1.82, 2.24) is 0 Å². The van der Waals surface area contributed by atoms with E-state index in [1.54, 1.807) is 0 Å². The standard InChI is InChI=1S/C14H10BBr/c15-13-3-1-9-6-12-8-14(16)4-2-10(12)5-11(9)7-13/h1-4,7-8H,5-6H2. The van der Waals surface area contributed by atoms with Crippen LogP contribution in [0.3, 0.4) is 0 Å². The topological polar surface area (TPSA) is 0 Å². The Hall–Kier alpha value is -1.02. The molecule has 0 nitrogen and oxygen atoms in total. The summed E-state index contributed by atoms with van der Waals surface area (Å²) < 4.78 is 1.16. The molecule has 16 heavy (non-hydrogen) atoms. The van der Waals surface area contributed by atoms with E-state index in [0.29, 0.717) is 0 Å². The van der Waals surface area contributed by atoms with Crippen LogP contribution in [0.1, 0.15) is 22.3 Å². The van der Waals surface area contributed by atoms with Crippen molar-refractivity contribution in [2.75, 3.05) is 0 Å². The van der Waals surface area contributed by atoms with Crippen molar-refractivity contribution < 1.29 is 0 Å². The van der Waals surface area contributed by atoms with Gasteiger partial charge in [-0.2, -0.15) is 0 Å². The van der Waals surface area contributed by atoms with Crippen molar-refractivity contribution in [3.05, 3.63) is 63.1 Å². The highest BCUT2D eigenvalue weighted by Gasteiger charge is 2.14. The average Bonchev–Trinajstić information content (AvgIpc) is 2.26. The maximum Gasteiger partial charge on any atom is 0.113 e. The summed E-state index contributed by atoms with van der Waals surface area (Å²) in [5, 5.41) is 0. The lowest BCUT2D eigenvalue weighted by molar-refractivity contribution is 1.00. The Morgan fingerprint density at radius 3 is 2.19 bits per heavy atom. The third kappa shape index (κ3) is 1.71. The van der Waals surface area contributed by atoms with Gasteiger partial charge >= 0.3 is 0 Å². The molecule has 3 rings (SSSR count). The monoisotopic (exact) mass is 268 g/mol. The van der Waals surface area contributed by atoms with E-state index in [4.69, 9.17) is 7.85 Å². The predicted molar refractivity (Wildman–Crippen MR) is 71.6 cm³/mol. The molecule has 0 unspecified atom stereocenters. The van der Waals surface area contributed by atoms with Gasteiger partial charge in [-0.15, -0.1) is 0 Å². The van der Waals surface area contributed by atoms with Crippen molar-refractivity contribution in [2.45, 2.75) is 12.8 Å². The van der Waals surface area contributed by atoms with E-state index in [9.17, 15) is 0 Å². The molecule has 1 aliphatic carbocycles. The van der Waals surface area contributed by atoms with E-state index in [1.807, 2.05) is 6.07 Å². The quantitative estimate of drug-likeness (QED) is 0.550. The Kier molecular flexibility index (Phi) is 2.40. The molecule has 2 radical (unpaired) electrons. The first kappa shape index (κ1) is 10.2. The molecule has 1 aliphatic rings. The van der Waals surface area contributed by atoms with Crippen LogP contribution in [0, 0.1) is 0 Å². The Morgan fingerprint density at radius 2 is 1.44 bits per heavy atom. The van der Waals surface area contributed by atoms with Gasteiger partial charge in [0.15, 0.2) is 0 Å². The molecule has 0 spiro atoms. The van der Waals surface area contributed by atoms with Crippen molar-refractivity contribution in [3.63, 3.8) is 0 Å². The zero-order valence-corrected chi connectivity index (χ0v) is 10.4. The van der Waals surface area contributed by atoms with Gasteiger partial charge in [0.05, 0.1) is 0 Å². The number of rotatable bonds is 0. The van der Waals surface area contributed by atoms with Crippen LogP contribution < -0.4 is 5.46 Å². The van der Waals surface area contributed by atoms with E-state index < -0.39 is 0 Å². The summed E-state index contributed by atoms with van der Waals surface area (Å²) in [6.07, 6.45) is 2.02. The van der Waals surface area contributed by atoms with Crippen molar-refractivity contribution in [2.24, 2.45) is 0 Å². The zero-order valence-electron chi connectivity index (χ0n) is 8.83. The number of benzene rings is 2. The van der Waals surface area contributed by atoms with Crippen LogP contribution in [0.25, 0.3) is 0 Å². The Balaban J connectivity index is 2.09. The fourth-order valence-corrected chi connectivity index (χ4v) is 2.73. The van der Waals surface area contributed by atoms with Crippen LogP contribution in [-0.2, 0) is 12.8 Å². The fourth-order valence-electron chi connectivity index (χ4n) is 2.32. The molecule has 0 fully saturated rings. The van der Waals surface area contributed by atoms with Crippen LogP contribution in [0.5, 0.6) is 0 Å². The second-order valence-corrected chi connectivity index (χ2v) is 5.21. The van der Waals surface area contributed by atoms with Crippen LogP contribution in [-0.4, -0.2) is 7.85 Å². The molecule has 76 valence electrons. The number of fused-ring (bicyclic) bond motifs is 2. The van der Waals surface area contributed by atoms with Crippen molar-refractivity contribution >= 4 is 29.2 Å². The molecule has 0 saturated heterocycles. The number of hydrogen-bond acceptors (Lipinski definition) is 0. The summed E-state index contributed by atoms with van der Waals surface area (Å²) in [6.45, 7) is 0. The summed E-state index contributed by atoms with van der Waals surface area (Å²) >= 11 is 3.52. The number of hydrogen-bond donors (Lipinski definition) is 0. The molecule has 0 heterocycles. The minimum atomic E-state index is 0.860. The van der Waals surface area contributed by atoms with Gasteiger partial charge in [-0.3, -0.25) is 0 Å². The predicted octanol–water partition coefficient (Wildman–Crippen LogP) is 2.74. The summed E-state index contributed by atoms with van der Waals surface area (Å²) in [5.41, 5.74) is 6.47. The summed E-state index contributed by atoms with van der Waals surface area (Å²) in [5.74, 6) is 0. The minimum Gasteiger partial charge on any atom is -0.0964 e. The summed E-state index contributed by atoms with van der Waals surface area (Å²) in [4.78, 5) is 0. The van der Waals surface area contributed by atoms with Crippen LogP contribution in [0.4, 0.5) is 0 Å². The molecule has 0 aromatic heterocycles. The lowest BCUT2D eigenvalue weighted by Crippen LogP contribution is -2.12. The molecular formula is C14H10BBr. The molecule has 0 aliphatic heterocycles. The average molecular weight is 269 g/mol. The Bertz CT molecular complexity index is 509. The van der Waals surface area contributed by atoms with Gasteiger partial charge in [-0.1, -0.05) is 45.7 Å². The maximum absolute atomic E-state index is 5.82. The lowest BCUT2D eigenvalue weighted by Gasteiger charge is -2.20. The third-order valence-corrected chi connectivity index (χ3v) is 3.65. The molecule has 2 heteroatoms. The van der Waals surface area contributed by atoms with E-state index >= 15 is 0 Å². The molecule has 2 aromatic carbocycles. The Morgan fingerprint density at radius 1 is 0.812 bits per heavy atom. The van der Waals surface area contributed by atoms with E-state index in [0.717, 1.165) is 22.8 Å². The van der Waals surface area contributed by atoms with Gasteiger partial charge in [0.25, 0.3) is 0 Å². The minimum absolute atomic E-state index is 0.860. The fraction of sp³-hybridized carbons (Fsp3) is 0.143. The smallest absolute Gasteiger partial charge is 0.0964 e. The van der Waals surface area contributed by atoms with Gasteiger partial charge in [0.1, 0.15) is 7.85 Å². The first-order valence-electron chi connectivity index (χ1n) is 5.37. The Labute approximate surface area is 105 Å². The summed E-state index contributed by atoms with van der Waals surface area (Å²) in [7, 11) is 5.82. The van der Waals surface area contributed by atoms with Crippen LogP contribution in [0.2, 0.25) is 0 Å². The molecule has 0 bridgehead atoms. The largest absolute Gasteiger partial charge is 0.113 e. The van der Waals surface area contributed by atoms with E-state index in [2.05, 4.69) is 46.3 Å². The molecule has 0 N–H and O–H groups in total. The summed E-state index contributed by atoms with van der Waals surface area (Å²) in [6, 6.07) is 12.8. The van der Waals surface area contributed by atoms with Gasteiger partial charge < -0.3 is 0 Å². The highest BCUT2D eigenvalue weighted by molar-refractivity contribution is 9.10. The SMILES string of the molecule is [B]c1ccc2c(c1)Cc1ccc(Br)cc1C2. The van der Waals surface area contributed by atoms with Crippen LogP contribution >= 0.6 is 15.9 Å². The first-order chi connectivity index (χ1) is 7.72. The van der Waals surface area contributed by atoms with Gasteiger partial charge in [-0.25, -0.2) is 0 Å². The second kappa shape index (κ2) is 3.78. The molecule has 0 saturated carbocycles. The first-order valence-corrected chi connectivity index (χ1v) is 6.16. The normalized spacial score (nSPS) is 13.1. The lowest BCUT2D eigenvalue weighted by atomic mass is 9.82. The maximum atomic E-state index is 5.82. The van der Waals surface area contributed by atoms with Gasteiger partial charge in [-0.05, 0) is 47.2 Å². The molecule has 0 amide bonds. The molecule has 0 atom stereocenters. The highest BCUT2D eigenvalue weighted by Crippen LogP contribution is 2.28. The molecular weight excluding hydrogens is 259 g/mol. The van der Waals surface area contributed by atoms with Crippen molar-refractivity contribution in [3.8, 4) is 0 Å². The van der Waals surface area contributed by atoms with Gasteiger partial charge in [0, 0.05) is 4.47 Å². The second-order valence-electron chi connectivity index (χ2n) is 4.29. The van der Waals surface area contributed by atoms with Gasteiger partial charge in [0.2, 0.25) is 0 Å². The molecule has 2 aromatic rings. The van der Waals surface area contributed by atoms with Crippen LogP contribution in [0.15, 0.2) is 40.9 Å².